The summed E-state index contributed by atoms with van der Waals surface area (Å²) in [5, 5.41) is 8.10. The van der Waals surface area contributed by atoms with Crippen LogP contribution in [-0.4, -0.2) is 31.3 Å². The van der Waals surface area contributed by atoms with E-state index in [0.29, 0.717) is 16.2 Å². The van der Waals surface area contributed by atoms with Crippen LogP contribution in [0, 0.1) is 6.92 Å². The molecule has 168 valence electrons. The van der Waals surface area contributed by atoms with Gasteiger partial charge in [-0.15, -0.1) is 11.3 Å². The third kappa shape index (κ3) is 4.36. The fourth-order valence-corrected chi connectivity index (χ4v) is 4.86. The van der Waals surface area contributed by atoms with Gasteiger partial charge in [0.2, 0.25) is 5.91 Å². The molecule has 0 fully saturated rings. The zero-order valence-corrected chi connectivity index (χ0v) is 19.3. The number of aromatic nitrogens is 4. The summed E-state index contributed by atoms with van der Waals surface area (Å²) >= 11 is 1.37. The molecule has 4 heterocycles. The number of imidazole rings is 1. The lowest BCUT2D eigenvalue weighted by atomic mass is 10.1. The summed E-state index contributed by atoms with van der Waals surface area (Å²) in [6, 6.07) is 9.22. The summed E-state index contributed by atoms with van der Waals surface area (Å²) < 4.78 is 2.16. The summed E-state index contributed by atoms with van der Waals surface area (Å²) in [4.78, 5) is 38.4. The minimum Gasteiger partial charge on any atom is -0.326 e. The highest BCUT2D eigenvalue weighted by molar-refractivity contribution is 7.14. The number of carbonyl (C=O) groups excluding carboxylic acids is 2. The SMILES string of the molecule is CC(=O)Nc1ccc(-c2csc(NC(=O)c3cc(C)nc4c3nc3n4CCCCC3)n2)cc1. The van der Waals surface area contributed by atoms with Gasteiger partial charge < -0.3 is 9.88 Å². The number of amides is 2. The molecule has 2 N–H and O–H groups in total. The Balaban J connectivity index is 1.39. The molecule has 0 bridgehead atoms. The molecule has 1 aliphatic rings. The van der Waals surface area contributed by atoms with Gasteiger partial charge in [0.05, 0.1) is 11.3 Å². The number of anilines is 2. The van der Waals surface area contributed by atoms with E-state index >= 15 is 0 Å². The second-order valence-electron chi connectivity index (χ2n) is 8.22. The second kappa shape index (κ2) is 8.74. The molecule has 0 unspecified atom stereocenters. The minimum absolute atomic E-state index is 0.115. The van der Waals surface area contributed by atoms with E-state index in [1.165, 1.54) is 24.7 Å². The Bertz CT molecular complexity index is 1360. The molecule has 33 heavy (non-hydrogen) atoms. The van der Waals surface area contributed by atoms with Gasteiger partial charge in [-0.1, -0.05) is 18.6 Å². The molecule has 5 rings (SSSR count). The van der Waals surface area contributed by atoms with E-state index in [9.17, 15) is 9.59 Å². The molecule has 0 saturated carbocycles. The third-order valence-electron chi connectivity index (χ3n) is 5.66. The van der Waals surface area contributed by atoms with E-state index in [0.717, 1.165) is 59.9 Å². The number of nitrogens with zero attached hydrogens (tertiary/aromatic N) is 4. The topological polar surface area (TPSA) is 102 Å². The third-order valence-corrected chi connectivity index (χ3v) is 6.42. The number of hydrogen-bond acceptors (Lipinski definition) is 6. The van der Waals surface area contributed by atoms with Crippen molar-refractivity contribution in [3.05, 3.63) is 52.8 Å². The highest BCUT2D eigenvalue weighted by Crippen LogP contribution is 2.28. The van der Waals surface area contributed by atoms with Crippen LogP contribution in [0.25, 0.3) is 22.4 Å². The summed E-state index contributed by atoms with van der Waals surface area (Å²) in [6.45, 7) is 4.26. The molecule has 4 aromatic rings. The number of thiazole rings is 1. The first-order valence-electron chi connectivity index (χ1n) is 11.0. The fourth-order valence-electron chi connectivity index (χ4n) is 4.14. The Morgan fingerprint density at radius 2 is 1.85 bits per heavy atom. The van der Waals surface area contributed by atoms with E-state index in [-0.39, 0.29) is 11.8 Å². The fraction of sp³-hybridized carbons (Fsp3) is 0.292. The van der Waals surface area contributed by atoms with Gasteiger partial charge in [-0.25, -0.2) is 15.0 Å². The molecule has 0 atom stereocenters. The largest absolute Gasteiger partial charge is 0.326 e. The predicted molar refractivity (Wildman–Crippen MR) is 130 cm³/mol. The maximum absolute atomic E-state index is 13.2. The minimum atomic E-state index is -0.235. The molecule has 1 aliphatic heterocycles. The van der Waals surface area contributed by atoms with E-state index < -0.39 is 0 Å². The van der Waals surface area contributed by atoms with Gasteiger partial charge in [-0.3, -0.25) is 14.9 Å². The normalized spacial score (nSPS) is 13.4. The number of carbonyl (C=O) groups is 2. The van der Waals surface area contributed by atoms with Crippen molar-refractivity contribution in [3.63, 3.8) is 0 Å². The average molecular weight is 461 g/mol. The van der Waals surface area contributed by atoms with E-state index in [1.54, 1.807) is 6.07 Å². The van der Waals surface area contributed by atoms with Crippen LogP contribution in [0.5, 0.6) is 0 Å². The van der Waals surface area contributed by atoms with E-state index in [1.807, 2.05) is 36.6 Å². The quantitative estimate of drug-likeness (QED) is 0.455. The zero-order chi connectivity index (χ0) is 22.9. The van der Waals surface area contributed by atoms with Gasteiger partial charge in [0, 0.05) is 42.2 Å². The van der Waals surface area contributed by atoms with Crippen molar-refractivity contribution in [2.75, 3.05) is 10.6 Å². The highest BCUT2D eigenvalue weighted by Gasteiger charge is 2.21. The van der Waals surface area contributed by atoms with Crippen LogP contribution in [0.4, 0.5) is 10.8 Å². The van der Waals surface area contributed by atoms with Crippen molar-refractivity contribution >= 4 is 45.1 Å². The average Bonchev–Trinajstić information content (AvgIpc) is 3.30. The van der Waals surface area contributed by atoms with Crippen molar-refractivity contribution in [2.24, 2.45) is 0 Å². The van der Waals surface area contributed by atoms with Crippen molar-refractivity contribution in [1.29, 1.82) is 0 Å². The van der Waals surface area contributed by atoms with Crippen LogP contribution in [-0.2, 0) is 17.8 Å². The van der Waals surface area contributed by atoms with Crippen molar-refractivity contribution in [1.82, 2.24) is 19.5 Å². The van der Waals surface area contributed by atoms with Crippen LogP contribution in [0.3, 0.4) is 0 Å². The van der Waals surface area contributed by atoms with Gasteiger partial charge in [-0.05, 0) is 38.0 Å². The molecule has 0 spiro atoms. The molecule has 9 heteroatoms. The first-order valence-corrected chi connectivity index (χ1v) is 11.9. The number of hydrogen-bond donors (Lipinski definition) is 2. The van der Waals surface area contributed by atoms with Gasteiger partial charge in [0.1, 0.15) is 11.3 Å². The zero-order valence-electron chi connectivity index (χ0n) is 18.5. The molecular weight excluding hydrogens is 436 g/mol. The van der Waals surface area contributed by atoms with Gasteiger partial charge >= 0.3 is 0 Å². The highest BCUT2D eigenvalue weighted by atomic mass is 32.1. The molecular formula is C24H24N6O2S. The number of benzene rings is 1. The van der Waals surface area contributed by atoms with Gasteiger partial charge in [0.15, 0.2) is 10.8 Å². The predicted octanol–water partition coefficient (Wildman–Crippen LogP) is 4.80. The lowest BCUT2D eigenvalue weighted by Crippen LogP contribution is -2.13. The van der Waals surface area contributed by atoms with Crippen LogP contribution in [0.15, 0.2) is 35.7 Å². The Labute approximate surface area is 195 Å². The number of aryl methyl sites for hydroxylation is 3. The standard InChI is InChI=1S/C24H24N6O2S/c1-14-12-18(21-22(25-14)30-11-5-3-4-6-20(30)28-21)23(32)29-24-27-19(13-33-24)16-7-9-17(10-8-16)26-15(2)31/h7-10,12-13H,3-6,11H2,1-2H3,(H,26,31)(H,27,29,32). The first kappa shape index (κ1) is 21.3. The lowest BCUT2D eigenvalue weighted by molar-refractivity contribution is -0.114. The number of fused-ring (bicyclic) bond motifs is 3. The summed E-state index contributed by atoms with van der Waals surface area (Å²) in [5.74, 6) is 0.658. The Morgan fingerprint density at radius 1 is 1.03 bits per heavy atom. The Morgan fingerprint density at radius 3 is 2.64 bits per heavy atom. The molecule has 0 radical (unpaired) electrons. The molecule has 2 amide bonds. The Hall–Kier alpha value is -3.59. The monoisotopic (exact) mass is 460 g/mol. The van der Waals surface area contributed by atoms with Crippen LogP contribution in [0.2, 0.25) is 0 Å². The summed E-state index contributed by atoms with van der Waals surface area (Å²) in [6.07, 6.45) is 4.31. The summed E-state index contributed by atoms with van der Waals surface area (Å²) in [7, 11) is 0. The molecule has 8 nitrogen and oxygen atoms in total. The molecule has 0 aliphatic carbocycles. The molecule has 1 aromatic carbocycles. The smallest absolute Gasteiger partial charge is 0.259 e. The number of rotatable bonds is 4. The molecule has 0 saturated heterocycles. The van der Waals surface area contributed by atoms with Crippen molar-refractivity contribution in [2.45, 2.75) is 46.1 Å². The van der Waals surface area contributed by atoms with Crippen molar-refractivity contribution in [3.8, 4) is 11.3 Å². The van der Waals surface area contributed by atoms with Gasteiger partial charge in [-0.2, -0.15) is 0 Å². The molecule has 3 aromatic heterocycles. The Kier molecular flexibility index (Phi) is 5.63. The van der Waals surface area contributed by atoms with Crippen LogP contribution in [0.1, 0.15) is 48.1 Å². The number of pyridine rings is 1. The second-order valence-corrected chi connectivity index (χ2v) is 9.08. The first-order chi connectivity index (χ1) is 16.0. The van der Waals surface area contributed by atoms with Gasteiger partial charge in [0.25, 0.3) is 5.91 Å². The number of nitrogens with one attached hydrogen (secondary N) is 2. The maximum Gasteiger partial charge on any atom is 0.259 e. The van der Waals surface area contributed by atoms with E-state index in [2.05, 4.69) is 20.2 Å². The van der Waals surface area contributed by atoms with E-state index in [4.69, 9.17) is 9.97 Å². The maximum atomic E-state index is 13.2. The van der Waals surface area contributed by atoms with Crippen molar-refractivity contribution < 1.29 is 9.59 Å². The van der Waals surface area contributed by atoms with Crippen LogP contribution >= 0.6 is 11.3 Å². The summed E-state index contributed by atoms with van der Waals surface area (Å²) in [5.41, 5.74) is 5.14. The van der Waals surface area contributed by atoms with Crippen LogP contribution < -0.4 is 10.6 Å². The lowest BCUT2D eigenvalue weighted by Gasteiger charge is -2.06.